The van der Waals surface area contributed by atoms with Gasteiger partial charge < -0.3 is 14.8 Å². The monoisotopic (exact) mass is 299 g/mol. The number of alkyl carbamates (subject to hydrolysis) is 1. The molecule has 0 aliphatic carbocycles. The summed E-state index contributed by atoms with van der Waals surface area (Å²) in [6.45, 7) is 11.8. The molecule has 5 heteroatoms. The Balaban J connectivity index is 3.01. The van der Waals surface area contributed by atoms with Gasteiger partial charge in [0.1, 0.15) is 0 Å². The molecule has 1 unspecified atom stereocenters. The molecule has 1 aliphatic heterocycles. The van der Waals surface area contributed by atoms with E-state index in [-0.39, 0.29) is 28.8 Å². The highest BCUT2D eigenvalue weighted by molar-refractivity contribution is 5.89. The molecule has 1 aliphatic rings. The topological polar surface area (TPSA) is 64.6 Å². The number of rotatable bonds is 4. The van der Waals surface area contributed by atoms with Crippen molar-refractivity contribution in [1.82, 2.24) is 5.32 Å². The quantitative estimate of drug-likeness (QED) is 0.867. The van der Waals surface area contributed by atoms with Gasteiger partial charge in [0.15, 0.2) is 5.78 Å². The SMILES string of the molecule is COC(=O)NC(C(=O)C(C)C)C1CC(C)(C)OC(C)(C)C1. The zero-order valence-electron chi connectivity index (χ0n) is 14.3. The molecule has 1 rings (SSSR count). The van der Waals surface area contributed by atoms with Crippen LogP contribution in [0, 0.1) is 11.8 Å². The predicted octanol–water partition coefficient (Wildman–Crippen LogP) is 2.92. The standard InChI is InChI=1S/C16H29NO4/c1-10(2)13(18)12(17-14(19)20-7)11-8-15(3,4)21-16(5,6)9-11/h10-12H,8-9H2,1-7H3,(H,17,19). The average Bonchev–Trinajstić information content (AvgIpc) is 2.30. The van der Waals surface area contributed by atoms with E-state index in [1.165, 1.54) is 7.11 Å². The molecule has 0 aromatic carbocycles. The zero-order valence-corrected chi connectivity index (χ0v) is 14.3. The lowest BCUT2D eigenvalue weighted by Crippen LogP contribution is -2.55. The molecular weight excluding hydrogens is 270 g/mol. The van der Waals surface area contributed by atoms with Crippen molar-refractivity contribution in [3.05, 3.63) is 0 Å². The van der Waals surface area contributed by atoms with Crippen molar-refractivity contribution in [3.8, 4) is 0 Å². The third kappa shape index (κ3) is 4.99. The summed E-state index contributed by atoms with van der Waals surface area (Å²) in [6.07, 6.45) is 0.892. The number of hydrogen-bond donors (Lipinski definition) is 1. The van der Waals surface area contributed by atoms with E-state index in [1.807, 2.05) is 41.5 Å². The molecule has 0 aromatic heterocycles. The Kier molecular flexibility index (Phi) is 5.42. The highest BCUT2D eigenvalue weighted by atomic mass is 16.5. The minimum Gasteiger partial charge on any atom is -0.453 e. The number of methoxy groups -OCH3 is 1. The van der Waals surface area contributed by atoms with Gasteiger partial charge in [0.05, 0.1) is 24.4 Å². The number of amides is 1. The molecular formula is C16H29NO4. The largest absolute Gasteiger partial charge is 0.453 e. The zero-order chi connectivity index (χ0) is 16.4. The van der Waals surface area contributed by atoms with Gasteiger partial charge in [-0.1, -0.05) is 13.8 Å². The van der Waals surface area contributed by atoms with Crippen LogP contribution in [0.5, 0.6) is 0 Å². The fraction of sp³-hybridized carbons (Fsp3) is 0.875. The first-order chi connectivity index (χ1) is 9.47. The van der Waals surface area contributed by atoms with Crippen LogP contribution >= 0.6 is 0 Å². The van der Waals surface area contributed by atoms with Crippen LogP contribution in [-0.2, 0) is 14.3 Å². The summed E-state index contributed by atoms with van der Waals surface area (Å²) in [7, 11) is 1.31. The summed E-state index contributed by atoms with van der Waals surface area (Å²) in [5, 5.41) is 2.73. The van der Waals surface area contributed by atoms with E-state index in [0.29, 0.717) is 0 Å². The summed E-state index contributed by atoms with van der Waals surface area (Å²) in [5.74, 6) is -0.0575. The average molecular weight is 299 g/mol. The van der Waals surface area contributed by atoms with E-state index in [2.05, 4.69) is 10.1 Å². The Morgan fingerprint density at radius 1 is 1.14 bits per heavy atom. The lowest BCUT2D eigenvalue weighted by atomic mass is 9.75. The smallest absolute Gasteiger partial charge is 0.407 e. The van der Waals surface area contributed by atoms with Crippen LogP contribution in [0.1, 0.15) is 54.4 Å². The van der Waals surface area contributed by atoms with Crippen molar-refractivity contribution in [2.75, 3.05) is 7.11 Å². The van der Waals surface area contributed by atoms with E-state index in [4.69, 9.17) is 4.74 Å². The number of hydrogen-bond acceptors (Lipinski definition) is 4. The fourth-order valence-corrected chi connectivity index (χ4v) is 3.37. The lowest BCUT2D eigenvalue weighted by Gasteiger charge is -2.47. The predicted molar refractivity (Wildman–Crippen MR) is 81.1 cm³/mol. The van der Waals surface area contributed by atoms with Crippen LogP contribution in [0.4, 0.5) is 4.79 Å². The maximum Gasteiger partial charge on any atom is 0.407 e. The summed E-state index contributed by atoms with van der Waals surface area (Å²) >= 11 is 0. The van der Waals surface area contributed by atoms with E-state index in [1.54, 1.807) is 0 Å². The molecule has 1 N–H and O–H groups in total. The van der Waals surface area contributed by atoms with Crippen LogP contribution in [-0.4, -0.2) is 36.2 Å². The van der Waals surface area contributed by atoms with Gasteiger partial charge >= 0.3 is 6.09 Å². The van der Waals surface area contributed by atoms with Crippen molar-refractivity contribution in [2.45, 2.75) is 71.6 Å². The number of ether oxygens (including phenoxy) is 2. The van der Waals surface area contributed by atoms with Gasteiger partial charge in [-0.15, -0.1) is 0 Å². The Morgan fingerprint density at radius 3 is 2.00 bits per heavy atom. The third-order valence-electron chi connectivity index (χ3n) is 3.87. The van der Waals surface area contributed by atoms with E-state index < -0.39 is 12.1 Å². The first-order valence-corrected chi connectivity index (χ1v) is 7.56. The highest BCUT2D eigenvalue weighted by Crippen LogP contribution is 2.40. The number of nitrogens with one attached hydrogen (secondary N) is 1. The molecule has 1 fully saturated rings. The Bertz CT molecular complexity index is 385. The van der Waals surface area contributed by atoms with Gasteiger partial charge in [-0.05, 0) is 46.5 Å². The van der Waals surface area contributed by atoms with Crippen LogP contribution in [0.15, 0.2) is 0 Å². The molecule has 1 atom stereocenters. The lowest BCUT2D eigenvalue weighted by molar-refractivity contribution is -0.177. The molecule has 122 valence electrons. The highest BCUT2D eigenvalue weighted by Gasteiger charge is 2.44. The van der Waals surface area contributed by atoms with Crippen molar-refractivity contribution in [3.63, 3.8) is 0 Å². The van der Waals surface area contributed by atoms with Crippen molar-refractivity contribution >= 4 is 11.9 Å². The maximum atomic E-state index is 12.5. The first-order valence-electron chi connectivity index (χ1n) is 7.56. The number of ketones is 1. The molecule has 0 radical (unpaired) electrons. The van der Waals surface area contributed by atoms with Gasteiger partial charge in [-0.25, -0.2) is 4.79 Å². The number of carbonyl (C=O) groups excluding carboxylic acids is 2. The van der Waals surface area contributed by atoms with E-state index >= 15 is 0 Å². The normalized spacial score (nSPS) is 22.7. The summed E-state index contributed by atoms with van der Waals surface area (Å²) in [4.78, 5) is 24.1. The molecule has 1 saturated heterocycles. The second-order valence-corrected chi connectivity index (χ2v) is 7.46. The summed E-state index contributed by atoms with van der Waals surface area (Å²) in [6, 6.07) is -0.528. The van der Waals surface area contributed by atoms with Gasteiger partial charge in [-0.3, -0.25) is 4.79 Å². The summed E-state index contributed by atoms with van der Waals surface area (Å²) in [5.41, 5.74) is -0.639. The first kappa shape index (κ1) is 18.0. The van der Waals surface area contributed by atoms with Gasteiger partial charge in [0, 0.05) is 5.92 Å². The number of carbonyl (C=O) groups is 2. The van der Waals surface area contributed by atoms with Crippen molar-refractivity contribution in [2.24, 2.45) is 11.8 Å². The third-order valence-corrected chi connectivity index (χ3v) is 3.87. The van der Waals surface area contributed by atoms with Crippen LogP contribution in [0.2, 0.25) is 0 Å². The second kappa shape index (κ2) is 6.34. The minimum absolute atomic E-state index is 0.0396. The molecule has 1 amide bonds. The Labute approximate surface area is 127 Å². The molecule has 0 spiro atoms. The molecule has 0 bridgehead atoms. The molecule has 5 nitrogen and oxygen atoms in total. The summed E-state index contributed by atoms with van der Waals surface area (Å²) < 4.78 is 10.7. The van der Waals surface area contributed by atoms with Gasteiger partial charge in [0.25, 0.3) is 0 Å². The number of Topliss-reactive ketones (excluding diaryl/α,β-unsaturated/α-hetero) is 1. The van der Waals surface area contributed by atoms with E-state index in [0.717, 1.165) is 12.8 Å². The van der Waals surface area contributed by atoms with Gasteiger partial charge in [-0.2, -0.15) is 0 Å². The molecule has 0 aromatic rings. The van der Waals surface area contributed by atoms with Crippen LogP contribution in [0.3, 0.4) is 0 Å². The van der Waals surface area contributed by atoms with Crippen molar-refractivity contribution in [1.29, 1.82) is 0 Å². The van der Waals surface area contributed by atoms with Crippen molar-refractivity contribution < 1.29 is 19.1 Å². The molecule has 21 heavy (non-hydrogen) atoms. The molecule has 0 saturated carbocycles. The van der Waals surface area contributed by atoms with Gasteiger partial charge in [0.2, 0.25) is 0 Å². The fourth-order valence-electron chi connectivity index (χ4n) is 3.37. The second-order valence-electron chi connectivity index (χ2n) is 7.46. The van der Waals surface area contributed by atoms with Crippen LogP contribution in [0.25, 0.3) is 0 Å². The molecule has 1 heterocycles. The minimum atomic E-state index is -0.559. The Morgan fingerprint density at radius 2 is 1.62 bits per heavy atom. The maximum absolute atomic E-state index is 12.5. The Hall–Kier alpha value is -1.10. The van der Waals surface area contributed by atoms with Crippen LogP contribution < -0.4 is 5.32 Å². The van der Waals surface area contributed by atoms with E-state index in [9.17, 15) is 9.59 Å².